The molecule has 2 aromatic heterocycles. The second-order valence-electron chi connectivity index (χ2n) is 7.22. The van der Waals surface area contributed by atoms with E-state index in [0.29, 0.717) is 16.3 Å². The van der Waals surface area contributed by atoms with Crippen LogP contribution in [0.1, 0.15) is 35.9 Å². The molecule has 5 nitrogen and oxygen atoms in total. The second kappa shape index (κ2) is 8.68. The number of fused-ring (bicyclic) bond motifs is 1. The van der Waals surface area contributed by atoms with Crippen LogP contribution in [0, 0.1) is 20.8 Å². The van der Waals surface area contributed by atoms with Crippen LogP contribution in [0.25, 0.3) is 10.2 Å². The lowest BCUT2D eigenvalue weighted by molar-refractivity contribution is 0.126. The third-order valence-corrected chi connectivity index (χ3v) is 6.75. The van der Waals surface area contributed by atoms with Gasteiger partial charge in [0.2, 0.25) is 0 Å². The number of thiophene rings is 1. The van der Waals surface area contributed by atoms with Gasteiger partial charge in [-0.3, -0.25) is 9.36 Å². The number of ether oxygens (including phenoxy) is 1. The van der Waals surface area contributed by atoms with Gasteiger partial charge in [0.15, 0.2) is 5.16 Å². The van der Waals surface area contributed by atoms with Gasteiger partial charge in [0.1, 0.15) is 17.2 Å². The van der Waals surface area contributed by atoms with E-state index >= 15 is 0 Å². The summed E-state index contributed by atoms with van der Waals surface area (Å²) in [4.78, 5) is 19.7. The molecule has 0 radical (unpaired) electrons. The van der Waals surface area contributed by atoms with Crippen molar-refractivity contribution in [2.45, 2.75) is 51.9 Å². The Morgan fingerprint density at radius 3 is 2.71 bits per heavy atom. The summed E-state index contributed by atoms with van der Waals surface area (Å²) < 4.78 is 7.40. The summed E-state index contributed by atoms with van der Waals surface area (Å²) in [6.45, 7) is 10.1. The molecule has 0 bridgehead atoms. The Bertz CT molecular complexity index is 1040. The third-order valence-electron chi connectivity index (χ3n) is 4.56. The van der Waals surface area contributed by atoms with E-state index in [9.17, 15) is 9.90 Å². The Morgan fingerprint density at radius 1 is 1.29 bits per heavy atom. The van der Waals surface area contributed by atoms with Gasteiger partial charge in [0, 0.05) is 16.7 Å². The number of benzene rings is 1. The third kappa shape index (κ3) is 4.42. The molecule has 0 saturated carbocycles. The van der Waals surface area contributed by atoms with Crippen LogP contribution in [0.4, 0.5) is 0 Å². The molecular formula is C21H26N2O3S2. The van der Waals surface area contributed by atoms with Crippen LogP contribution in [0.15, 0.2) is 34.2 Å². The number of nitrogens with zero attached hydrogens (tertiary/aromatic N) is 2. The van der Waals surface area contributed by atoms with E-state index in [1.807, 2.05) is 58.9 Å². The number of hydrogen-bond donors (Lipinski definition) is 1. The van der Waals surface area contributed by atoms with E-state index in [-0.39, 0.29) is 18.2 Å². The van der Waals surface area contributed by atoms with Gasteiger partial charge in [0.05, 0.1) is 11.5 Å². The van der Waals surface area contributed by atoms with Crippen molar-refractivity contribution in [1.82, 2.24) is 9.55 Å². The Morgan fingerprint density at radius 2 is 2.04 bits per heavy atom. The standard InChI is InChI=1S/C21H26N2O3S2/c1-12(2)23-20(25)18-14(4)15(5)28-19(18)22-21(23)27-11-16(24)10-26-17-8-6-7-13(3)9-17/h6-9,12,16,24H,10-11H2,1-5H3. The van der Waals surface area contributed by atoms with Crippen molar-refractivity contribution < 1.29 is 9.84 Å². The molecule has 0 saturated heterocycles. The topological polar surface area (TPSA) is 64.3 Å². The predicted molar refractivity (Wildman–Crippen MR) is 117 cm³/mol. The highest BCUT2D eigenvalue weighted by atomic mass is 32.2. The first-order chi connectivity index (χ1) is 13.3. The molecule has 0 spiro atoms. The molecule has 28 heavy (non-hydrogen) atoms. The normalized spacial score (nSPS) is 12.7. The number of hydrogen-bond acceptors (Lipinski definition) is 6. The molecule has 7 heteroatoms. The second-order valence-corrected chi connectivity index (χ2v) is 9.41. The fourth-order valence-electron chi connectivity index (χ4n) is 2.96. The lowest BCUT2D eigenvalue weighted by atomic mass is 10.2. The molecule has 1 atom stereocenters. The van der Waals surface area contributed by atoms with Gasteiger partial charge in [-0.1, -0.05) is 23.9 Å². The average molecular weight is 419 g/mol. The minimum atomic E-state index is -0.662. The van der Waals surface area contributed by atoms with Crippen molar-refractivity contribution in [3.8, 4) is 5.75 Å². The van der Waals surface area contributed by atoms with Crippen LogP contribution < -0.4 is 10.3 Å². The summed E-state index contributed by atoms with van der Waals surface area (Å²) in [5.74, 6) is 1.15. The fourth-order valence-corrected chi connectivity index (χ4v) is 5.07. The van der Waals surface area contributed by atoms with Crippen molar-refractivity contribution in [1.29, 1.82) is 0 Å². The van der Waals surface area contributed by atoms with Gasteiger partial charge in [0.25, 0.3) is 5.56 Å². The zero-order valence-electron chi connectivity index (χ0n) is 16.9. The average Bonchev–Trinajstić information content (AvgIpc) is 2.92. The quantitative estimate of drug-likeness (QED) is 0.452. The highest BCUT2D eigenvalue weighted by Gasteiger charge is 2.19. The molecule has 0 aliphatic rings. The summed E-state index contributed by atoms with van der Waals surface area (Å²) in [6.07, 6.45) is -0.662. The van der Waals surface area contributed by atoms with Crippen LogP contribution in [0.2, 0.25) is 0 Å². The molecule has 1 N–H and O–H groups in total. The van der Waals surface area contributed by atoms with E-state index in [1.165, 1.54) is 11.8 Å². The van der Waals surface area contributed by atoms with Crippen LogP contribution in [0.5, 0.6) is 5.75 Å². The Kier molecular flexibility index (Phi) is 6.47. The van der Waals surface area contributed by atoms with E-state index in [1.54, 1.807) is 15.9 Å². The van der Waals surface area contributed by atoms with Crippen molar-refractivity contribution in [2.24, 2.45) is 0 Å². The van der Waals surface area contributed by atoms with Crippen LogP contribution in [0.3, 0.4) is 0 Å². The molecule has 150 valence electrons. The molecule has 0 fully saturated rings. The van der Waals surface area contributed by atoms with Gasteiger partial charge in [-0.2, -0.15) is 0 Å². The largest absolute Gasteiger partial charge is 0.491 e. The molecule has 2 heterocycles. The van der Waals surface area contributed by atoms with E-state index in [0.717, 1.165) is 26.6 Å². The van der Waals surface area contributed by atoms with E-state index in [2.05, 4.69) is 0 Å². The van der Waals surface area contributed by atoms with Crippen molar-refractivity contribution in [3.05, 3.63) is 50.6 Å². The monoisotopic (exact) mass is 418 g/mol. The molecule has 3 rings (SSSR count). The van der Waals surface area contributed by atoms with Crippen LogP contribution in [-0.4, -0.2) is 33.1 Å². The zero-order valence-corrected chi connectivity index (χ0v) is 18.5. The minimum absolute atomic E-state index is 0.00477. The van der Waals surface area contributed by atoms with Crippen LogP contribution in [-0.2, 0) is 0 Å². The summed E-state index contributed by atoms with van der Waals surface area (Å²) in [6, 6.07) is 7.73. The lowest BCUT2D eigenvalue weighted by Gasteiger charge is -2.17. The molecule has 0 aliphatic heterocycles. The van der Waals surface area contributed by atoms with Crippen molar-refractivity contribution in [3.63, 3.8) is 0 Å². The van der Waals surface area contributed by atoms with Gasteiger partial charge < -0.3 is 9.84 Å². The van der Waals surface area contributed by atoms with Gasteiger partial charge in [-0.25, -0.2) is 4.98 Å². The number of thioether (sulfide) groups is 1. The molecule has 0 aliphatic carbocycles. The Balaban J connectivity index is 1.76. The van der Waals surface area contributed by atoms with Gasteiger partial charge in [-0.05, 0) is 57.9 Å². The highest BCUT2D eigenvalue weighted by molar-refractivity contribution is 7.99. The highest BCUT2D eigenvalue weighted by Crippen LogP contribution is 2.29. The fraction of sp³-hybridized carbons (Fsp3) is 0.429. The zero-order chi connectivity index (χ0) is 20.4. The van der Waals surface area contributed by atoms with Gasteiger partial charge >= 0.3 is 0 Å². The number of aromatic nitrogens is 2. The lowest BCUT2D eigenvalue weighted by Crippen LogP contribution is -2.26. The maximum atomic E-state index is 13.0. The Labute approximate surface area is 173 Å². The first-order valence-corrected chi connectivity index (χ1v) is 11.1. The number of aliphatic hydroxyl groups is 1. The molecule has 1 unspecified atom stereocenters. The summed E-state index contributed by atoms with van der Waals surface area (Å²) in [5.41, 5.74) is 2.12. The van der Waals surface area contributed by atoms with Crippen molar-refractivity contribution in [2.75, 3.05) is 12.4 Å². The SMILES string of the molecule is Cc1cccc(OCC(O)CSc2nc3sc(C)c(C)c3c(=O)n2C(C)C)c1. The summed E-state index contributed by atoms with van der Waals surface area (Å²) in [7, 11) is 0. The number of aryl methyl sites for hydroxylation is 3. The maximum absolute atomic E-state index is 13.0. The first-order valence-electron chi connectivity index (χ1n) is 9.30. The maximum Gasteiger partial charge on any atom is 0.263 e. The van der Waals surface area contributed by atoms with Crippen molar-refractivity contribution >= 4 is 33.3 Å². The minimum Gasteiger partial charge on any atom is -0.491 e. The summed E-state index contributed by atoms with van der Waals surface area (Å²) in [5, 5.41) is 11.7. The predicted octanol–water partition coefficient (Wildman–Crippen LogP) is 4.50. The van der Waals surface area contributed by atoms with E-state index < -0.39 is 6.10 Å². The number of rotatable bonds is 7. The van der Waals surface area contributed by atoms with E-state index in [4.69, 9.17) is 9.72 Å². The smallest absolute Gasteiger partial charge is 0.263 e. The number of aliphatic hydroxyl groups excluding tert-OH is 1. The molecular weight excluding hydrogens is 392 g/mol. The molecule has 1 aromatic carbocycles. The molecule has 0 amide bonds. The summed E-state index contributed by atoms with van der Waals surface area (Å²) >= 11 is 2.94. The Hall–Kier alpha value is -1.83. The molecule has 3 aromatic rings. The first kappa shape index (κ1) is 20.9. The van der Waals surface area contributed by atoms with Crippen LogP contribution >= 0.6 is 23.1 Å². The van der Waals surface area contributed by atoms with Gasteiger partial charge in [-0.15, -0.1) is 11.3 Å².